The molecule has 47 heteroatoms. The van der Waals surface area contributed by atoms with Crippen LogP contribution in [-0.2, 0) is 89.2 Å². The van der Waals surface area contributed by atoms with Gasteiger partial charge >= 0.3 is 143 Å². The standard InChI is InChI=1S/C14H13F9NO7S3.C4H3F6O6S3.C4H9O6S3.K.Li.Na.2H/c1-3-8(2)9-4-6-10(7-5-9)31-34(29,30)13(19,20)11(15,16)12(17,18)32(25,26)24-33(27,28)14(21,22)23;1-17(11,12)2(18(13,14)3(5,6)7)19(15,16)4(8,9)10;1-11(5,6)4(12(2,7)8)13(3,9)10;;;;;/h4-8H,3H2,1-2H3;1H3;1-3H3;;;;;/q3*-1;3*+1;2*-1. The summed E-state index contributed by atoms with van der Waals surface area (Å²) >= 11 is 0. The number of hydrogen-bond donors (Lipinski definition) is 0. The van der Waals surface area contributed by atoms with Gasteiger partial charge in [-0.2, -0.15) is 74.3 Å². The first-order valence-electron chi connectivity index (χ1n) is 14.8. The summed E-state index contributed by atoms with van der Waals surface area (Å²) in [6.07, 6.45) is 1.75. The summed E-state index contributed by atoms with van der Waals surface area (Å²) in [4.78, 5) is 0. The minimum atomic E-state index is -7.96. The normalized spacial score (nSPS) is 14.9. The second-order valence-electron chi connectivity index (χ2n) is 12.0. The van der Waals surface area contributed by atoms with E-state index in [-0.39, 0.29) is 109 Å². The van der Waals surface area contributed by atoms with Gasteiger partial charge < -0.3 is 11.2 Å². The molecule has 1 aromatic carbocycles. The maximum absolute atomic E-state index is 14.0. The Morgan fingerprint density at radius 1 is 0.522 bits per heavy atom. The maximum Gasteiger partial charge on any atom is 1.00 e. The van der Waals surface area contributed by atoms with E-state index in [2.05, 4.69) is 4.18 Å². The van der Waals surface area contributed by atoms with Crippen LogP contribution in [0.15, 0.2) is 24.3 Å². The molecule has 398 valence electrons. The summed E-state index contributed by atoms with van der Waals surface area (Å²) in [5.41, 5.74) is -19.3. The Kier molecular flexibility index (Phi) is 28.2. The average molecular weight is 1250 g/mol. The number of nitrogens with zero attached hydrogens (tertiary/aromatic N) is 1. The second kappa shape index (κ2) is 24.8. The molecular formula is C22H27F15KLiNNaO19S9-2. The summed E-state index contributed by atoms with van der Waals surface area (Å²) in [5.74, 6) is -8.81. The van der Waals surface area contributed by atoms with Gasteiger partial charge in [-0.1, -0.05) is 26.0 Å². The van der Waals surface area contributed by atoms with Crippen molar-refractivity contribution in [3.05, 3.63) is 41.8 Å². The largest absolute Gasteiger partial charge is 1.00 e. The Hall–Kier alpha value is 0.714. The molecule has 1 unspecified atom stereocenters. The Bertz CT molecular complexity index is 2880. The first-order chi connectivity index (χ1) is 28.1. The van der Waals surface area contributed by atoms with Crippen LogP contribution < -0.4 is 104 Å². The molecule has 0 N–H and O–H groups in total. The van der Waals surface area contributed by atoms with Crippen LogP contribution in [0.25, 0.3) is 4.13 Å². The van der Waals surface area contributed by atoms with Gasteiger partial charge in [0.05, 0.1) is 43.3 Å². The predicted molar refractivity (Wildman–Crippen MR) is 195 cm³/mol. The Morgan fingerprint density at radius 3 is 1.03 bits per heavy atom. The predicted octanol–water partition coefficient (Wildman–Crippen LogP) is -5.57. The molecule has 0 aliphatic rings. The van der Waals surface area contributed by atoms with E-state index in [4.69, 9.17) is 0 Å². The molecule has 0 saturated heterocycles. The van der Waals surface area contributed by atoms with Crippen molar-refractivity contribution in [3.63, 3.8) is 0 Å². The summed E-state index contributed by atoms with van der Waals surface area (Å²) in [6, 6.07) is 3.56. The van der Waals surface area contributed by atoms with Gasteiger partial charge in [-0.3, -0.25) is 50.5 Å². The number of alkyl halides is 15. The van der Waals surface area contributed by atoms with Gasteiger partial charge in [-0.25, -0.2) is 16.8 Å². The minimum absolute atomic E-state index is 0. The molecule has 1 rings (SSSR count). The zero-order valence-electron chi connectivity index (χ0n) is 37.1. The van der Waals surface area contributed by atoms with E-state index in [1.54, 1.807) is 13.8 Å². The zero-order valence-corrected chi connectivity index (χ0v) is 47.6. The topological polar surface area (TPSA) is 331 Å². The first-order valence-corrected chi connectivity index (χ1v) is 29.6. The summed E-state index contributed by atoms with van der Waals surface area (Å²) < 4.78 is 387. The van der Waals surface area contributed by atoms with E-state index in [0.717, 1.165) is 12.1 Å². The van der Waals surface area contributed by atoms with Gasteiger partial charge in [-0.15, -0.1) is 0 Å². The van der Waals surface area contributed by atoms with E-state index < -0.39 is 142 Å². The van der Waals surface area contributed by atoms with E-state index in [0.29, 0.717) is 47.0 Å². The molecule has 20 nitrogen and oxygen atoms in total. The van der Waals surface area contributed by atoms with E-state index in [1.807, 2.05) is 0 Å². The summed E-state index contributed by atoms with van der Waals surface area (Å²) in [5, 5.41) is -14.6. The molecular weight excluding hydrogens is 1220 g/mol. The molecule has 0 saturated carbocycles. The van der Waals surface area contributed by atoms with Crippen LogP contribution in [0.3, 0.4) is 0 Å². The van der Waals surface area contributed by atoms with Gasteiger partial charge in [-0.05, 0) is 30.0 Å². The van der Waals surface area contributed by atoms with Crippen LogP contribution >= 0.6 is 0 Å². The van der Waals surface area contributed by atoms with Crippen LogP contribution in [0.4, 0.5) is 65.9 Å². The van der Waals surface area contributed by atoms with Crippen molar-refractivity contribution in [3.8, 4) is 5.75 Å². The van der Waals surface area contributed by atoms with Gasteiger partial charge in [0, 0.05) is 28.9 Å². The van der Waals surface area contributed by atoms with Crippen molar-refractivity contribution in [2.75, 3.05) is 25.0 Å². The van der Waals surface area contributed by atoms with Crippen LogP contribution in [0.1, 0.15) is 34.6 Å². The SMILES string of the molecule is CCC(C)c1ccc(OS(=O)(=O)C(F)(F)C(F)(F)C(F)(F)S(=O)(=O)[N-]S(=O)(=O)C(F)(F)F)cc1.CS(=O)(=O)[C-](S(=O)(=O)C(F)(F)F)S(=O)(=O)C(F)(F)F.CS(=O)(=O)[C-](S(C)(=O)=O)S(C)(=O)=O.[H-].[H-].[K+].[Li+].[Na+]. The average Bonchev–Trinajstić information content (AvgIpc) is 2.99. The fourth-order valence-corrected chi connectivity index (χ4v) is 19.2. The number of sulfonamides is 2. The zero-order chi connectivity index (χ0) is 54.3. The number of halogens is 15. The molecule has 0 fully saturated rings. The molecule has 0 heterocycles. The van der Waals surface area contributed by atoms with Crippen molar-refractivity contribution in [2.24, 2.45) is 0 Å². The van der Waals surface area contributed by atoms with Crippen molar-refractivity contribution < 1.29 is 248 Å². The molecule has 0 aliphatic carbocycles. The van der Waals surface area contributed by atoms with Crippen LogP contribution in [0.2, 0.25) is 0 Å². The number of hydrogen-bond acceptors (Lipinski definition) is 19. The van der Waals surface area contributed by atoms with Gasteiger partial charge in [0.15, 0.2) is 39.7 Å². The number of benzene rings is 1. The molecule has 0 bridgehead atoms. The molecule has 69 heavy (non-hydrogen) atoms. The van der Waals surface area contributed by atoms with E-state index >= 15 is 0 Å². The van der Waals surface area contributed by atoms with Crippen molar-refractivity contribution in [1.29, 1.82) is 0 Å². The van der Waals surface area contributed by atoms with Gasteiger partial charge in [0.1, 0.15) is 5.75 Å². The number of sulfone groups is 6. The molecule has 0 amide bonds. The molecule has 1 aromatic rings. The Morgan fingerprint density at radius 2 is 0.812 bits per heavy atom. The summed E-state index contributed by atoms with van der Waals surface area (Å²) in [7, 11) is -55.6. The quantitative estimate of drug-likeness (QED) is 0.0645. The fourth-order valence-electron chi connectivity index (χ4n) is 3.53. The van der Waals surface area contributed by atoms with E-state index in [9.17, 15) is 142 Å². The van der Waals surface area contributed by atoms with E-state index in [1.165, 1.54) is 0 Å². The van der Waals surface area contributed by atoms with Crippen molar-refractivity contribution >= 4 is 89.2 Å². The molecule has 0 aromatic heterocycles. The fraction of sp³-hybridized carbons (Fsp3) is 0.636. The molecule has 0 spiro atoms. The maximum atomic E-state index is 14.0. The smallest absolute Gasteiger partial charge is 1.00 e. The van der Waals surface area contributed by atoms with Crippen molar-refractivity contribution in [2.45, 2.75) is 59.1 Å². The number of rotatable bonds is 16. The summed E-state index contributed by atoms with van der Waals surface area (Å²) in [6.45, 7) is 3.43. The Labute approximate surface area is 463 Å². The van der Waals surface area contributed by atoms with Gasteiger partial charge in [0.2, 0.25) is 0 Å². The van der Waals surface area contributed by atoms with Crippen LogP contribution in [0.5, 0.6) is 5.75 Å². The van der Waals surface area contributed by atoms with Gasteiger partial charge in [0.25, 0.3) is 0 Å². The van der Waals surface area contributed by atoms with Crippen molar-refractivity contribution in [1.82, 2.24) is 0 Å². The Balaban J connectivity index is -0.000000188. The first kappa shape index (κ1) is 78.6. The van der Waals surface area contributed by atoms with Crippen LogP contribution in [0, 0.1) is 7.83 Å². The molecule has 1 atom stereocenters. The molecule has 0 aliphatic heterocycles. The third kappa shape index (κ3) is 19.0. The van der Waals surface area contributed by atoms with Crippen LogP contribution in [-0.4, -0.2) is 134 Å². The third-order valence-corrected chi connectivity index (χ3v) is 25.2. The molecule has 0 radical (unpaired) electrons. The minimum Gasteiger partial charge on any atom is -1.00 e. The monoisotopic (exact) mass is 1250 g/mol. The second-order valence-corrected chi connectivity index (χ2v) is 30.2. The third-order valence-electron chi connectivity index (χ3n) is 6.38.